The van der Waals surface area contributed by atoms with E-state index in [1.165, 1.54) is 6.07 Å². The quantitative estimate of drug-likeness (QED) is 0.237. The van der Waals surface area contributed by atoms with Crippen LogP contribution in [-0.4, -0.2) is 48.1 Å². The van der Waals surface area contributed by atoms with Crippen LogP contribution in [0.2, 0.25) is 5.02 Å². The number of H-pyrrole nitrogens is 1. The molecule has 3 atom stereocenters. The molecule has 0 aliphatic heterocycles. The number of methoxy groups -OCH3 is 1. The Morgan fingerprint density at radius 3 is 2.55 bits per heavy atom. The van der Waals surface area contributed by atoms with Gasteiger partial charge in [-0.05, 0) is 79.7 Å². The Morgan fingerprint density at radius 2 is 1.93 bits per heavy atom. The van der Waals surface area contributed by atoms with Gasteiger partial charge in [0.1, 0.15) is 17.7 Å². The van der Waals surface area contributed by atoms with Gasteiger partial charge in [-0.15, -0.1) is 0 Å². The van der Waals surface area contributed by atoms with E-state index < -0.39 is 17.3 Å². The van der Waals surface area contributed by atoms with Crippen molar-refractivity contribution >= 4 is 34.4 Å². The lowest BCUT2D eigenvalue weighted by Gasteiger charge is -2.71. The Kier molecular flexibility index (Phi) is 8.18. The molecule has 2 bridgehead atoms. The second-order valence-corrected chi connectivity index (χ2v) is 13.8. The topological polar surface area (TPSA) is 96.1 Å². The number of nitrogens with zero attached hydrogens (tertiary/aromatic N) is 1. The molecule has 7 nitrogen and oxygen atoms in total. The average Bonchev–Trinajstić information content (AvgIpc) is 3.31. The molecule has 2 amide bonds. The van der Waals surface area contributed by atoms with Crippen molar-refractivity contribution < 1.29 is 18.7 Å². The Morgan fingerprint density at radius 1 is 1.21 bits per heavy atom. The first-order valence-corrected chi connectivity index (χ1v) is 15.2. The van der Waals surface area contributed by atoms with Gasteiger partial charge in [0.25, 0.3) is 0 Å². The van der Waals surface area contributed by atoms with E-state index in [0.717, 1.165) is 47.2 Å². The molecule has 3 aliphatic carbocycles. The predicted octanol–water partition coefficient (Wildman–Crippen LogP) is 6.05. The molecule has 2 unspecified atom stereocenters. The largest absolute Gasteiger partial charge is 0.383 e. The van der Waals surface area contributed by atoms with Crippen molar-refractivity contribution in [2.75, 3.05) is 20.3 Å². The summed E-state index contributed by atoms with van der Waals surface area (Å²) in [7, 11) is 1.57. The van der Waals surface area contributed by atoms with E-state index in [1.54, 1.807) is 13.2 Å². The summed E-state index contributed by atoms with van der Waals surface area (Å²) >= 11 is 6.35. The zero-order valence-electron chi connectivity index (χ0n) is 25.4. The van der Waals surface area contributed by atoms with Crippen LogP contribution >= 0.6 is 11.6 Å². The number of aromatic nitrogens is 2. The lowest BCUT2D eigenvalue weighted by atomic mass is 9.34. The van der Waals surface area contributed by atoms with Crippen molar-refractivity contribution in [2.45, 2.75) is 77.7 Å². The average molecular weight is 597 g/mol. The van der Waals surface area contributed by atoms with E-state index in [2.05, 4.69) is 36.4 Å². The second-order valence-electron chi connectivity index (χ2n) is 13.4. The number of halogens is 2. The van der Waals surface area contributed by atoms with Crippen LogP contribution in [0.15, 0.2) is 36.4 Å². The molecule has 0 saturated heterocycles. The molecule has 226 valence electrons. The van der Waals surface area contributed by atoms with Gasteiger partial charge in [0.2, 0.25) is 11.8 Å². The Bertz CT molecular complexity index is 1480. The van der Waals surface area contributed by atoms with Crippen LogP contribution in [0.3, 0.4) is 0 Å². The van der Waals surface area contributed by atoms with E-state index in [0.29, 0.717) is 18.4 Å². The number of carbonyl (C=O) groups is 2. The molecular formula is C33H42ClFN4O3. The lowest BCUT2D eigenvalue weighted by Crippen LogP contribution is -2.72. The summed E-state index contributed by atoms with van der Waals surface area (Å²) in [6.45, 7) is 10.8. The summed E-state index contributed by atoms with van der Waals surface area (Å²) in [6.07, 6.45) is 3.39. The first-order valence-electron chi connectivity index (χ1n) is 14.9. The summed E-state index contributed by atoms with van der Waals surface area (Å²) in [6, 6.07) is 10.1. The number of amides is 2. The van der Waals surface area contributed by atoms with Crippen LogP contribution in [0.4, 0.5) is 4.39 Å². The summed E-state index contributed by atoms with van der Waals surface area (Å²) < 4.78 is 19.8. The Hall–Kier alpha value is -2.97. The van der Waals surface area contributed by atoms with Crippen LogP contribution in [-0.2, 0) is 26.2 Å². The minimum absolute atomic E-state index is 0.0387. The highest BCUT2D eigenvalue weighted by atomic mass is 35.5. The number of rotatable bonds is 12. The molecule has 3 aliphatic rings. The number of ether oxygens (including phenoxy) is 1. The van der Waals surface area contributed by atoms with Crippen LogP contribution in [0.1, 0.15) is 76.8 Å². The SMILES string of the molecule is CCNC(=O)[C@H](NC(=O)C(C)(COC)c1ccc2[nH]c(CC(c3cccc(F)c3Cl)C(C)C)nc2c1)C12CC(C)(C1)C2. The van der Waals surface area contributed by atoms with E-state index in [4.69, 9.17) is 21.3 Å². The Balaban J connectivity index is 1.41. The zero-order chi connectivity index (χ0) is 30.4. The number of aromatic amines is 1. The van der Waals surface area contributed by atoms with E-state index in [9.17, 15) is 14.0 Å². The van der Waals surface area contributed by atoms with Gasteiger partial charge in [-0.1, -0.05) is 50.6 Å². The second kappa shape index (κ2) is 11.3. The number of nitrogens with one attached hydrogen (secondary N) is 3. The maximum absolute atomic E-state index is 14.2. The van der Waals surface area contributed by atoms with Crippen LogP contribution in [0.25, 0.3) is 11.0 Å². The summed E-state index contributed by atoms with van der Waals surface area (Å²) in [5.74, 6) is 0.116. The van der Waals surface area contributed by atoms with Crippen molar-refractivity contribution in [1.82, 2.24) is 20.6 Å². The minimum atomic E-state index is -1.05. The third-order valence-corrected chi connectivity index (χ3v) is 9.94. The van der Waals surface area contributed by atoms with Gasteiger partial charge in [-0.25, -0.2) is 9.37 Å². The number of hydrogen-bond donors (Lipinski definition) is 3. The monoisotopic (exact) mass is 596 g/mol. The molecule has 3 saturated carbocycles. The molecule has 9 heteroatoms. The maximum Gasteiger partial charge on any atom is 0.243 e. The van der Waals surface area contributed by atoms with Crippen LogP contribution in [0.5, 0.6) is 0 Å². The fourth-order valence-electron chi connectivity index (χ4n) is 7.55. The fourth-order valence-corrected chi connectivity index (χ4v) is 7.82. The van der Waals surface area contributed by atoms with Crippen molar-refractivity contribution in [3.05, 3.63) is 64.2 Å². The maximum atomic E-state index is 14.2. The first kappa shape index (κ1) is 30.5. The van der Waals surface area contributed by atoms with Gasteiger partial charge < -0.3 is 20.4 Å². The molecule has 1 heterocycles. The molecule has 3 fully saturated rings. The van der Waals surface area contributed by atoms with Crippen molar-refractivity contribution in [3.8, 4) is 0 Å². The van der Waals surface area contributed by atoms with Crippen LogP contribution in [0, 0.1) is 22.6 Å². The number of benzene rings is 2. The fraction of sp³-hybridized carbons (Fsp3) is 0.545. The van der Waals surface area contributed by atoms with Crippen LogP contribution < -0.4 is 10.6 Å². The highest BCUT2D eigenvalue weighted by molar-refractivity contribution is 6.31. The molecule has 3 aromatic rings. The smallest absolute Gasteiger partial charge is 0.243 e. The van der Waals surface area contributed by atoms with E-state index in [-0.39, 0.29) is 40.7 Å². The number of imidazole rings is 1. The lowest BCUT2D eigenvalue weighted by molar-refractivity contribution is -0.211. The third kappa shape index (κ3) is 5.32. The zero-order valence-corrected chi connectivity index (χ0v) is 26.1. The van der Waals surface area contributed by atoms with Crippen molar-refractivity contribution in [1.29, 1.82) is 0 Å². The molecule has 1 aromatic heterocycles. The van der Waals surface area contributed by atoms with Gasteiger partial charge in [-0.3, -0.25) is 9.59 Å². The van der Waals surface area contributed by atoms with Crippen molar-refractivity contribution in [2.24, 2.45) is 16.7 Å². The predicted molar refractivity (Wildman–Crippen MR) is 163 cm³/mol. The van der Waals surface area contributed by atoms with Gasteiger partial charge in [0.05, 0.1) is 28.1 Å². The summed E-state index contributed by atoms with van der Waals surface area (Å²) in [5, 5.41) is 6.21. The molecule has 6 rings (SSSR count). The number of fused-ring (bicyclic) bond motifs is 1. The molecule has 0 spiro atoms. The molecule has 0 radical (unpaired) electrons. The number of hydrogen-bond acceptors (Lipinski definition) is 4. The Labute approximate surface area is 252 Å². The standard InChI is InChI=1S/C33H42ClFN4O3/c1-7-36-29(40)28(33-15-31(4,16-33)17-33)39-30(41)32(5,18-42-6)20-11-12-24-25(13-20)38-26(37-24)14-22(19(2)3)21-9-8-10-23(35)27(21)34/h8-13,19,22,28H,7,14-18H2,1-6H3,(H,36,40)(H,37,38)(H,39,41)/t22?,28-,31?,32?,33?/m0/s1. The number of carbonyl (C=O) groups excluding carboxylic acids is 2. The van der Waals surface area contributed by atoms with Gasteiger partial charge in [0, 0.05) is 25.5 Å². The van der Waals surface area contributed by atoms with E-state index >= 15 is 0 Å². The van der Waals surface area contributed by atoms with Crippen molar-refractivity contribution in [3.63, 3.8) is 0 Å². The van der Waals surface area contributed by atoms with Gasteiger partial charge in [0.15, 0.2) is 0 Å². The number of likely N-dealkylation sites (N-methyl/N-ethyl adjacent to an activating group) is 1. The first-order chi connectivity index (χ1) is 19.8. The van der Waals surface area contributed by atoms with Gasteiger partial charge >= 0.3 is 0 Å². The third-order valence-electron chi connectivity index (χ3n) is 9.54. The highest BCUT2D eigenvalue weighted by Crippen LogP contribution is 2.74. The summed E-state index contributed by atoms with van der Waals surface area (Å²) in [4.78, 5) is 35.4. The molecular weight excluding hydrogens is 555 g/mol. The summed E-state index contributed by atoms with van der Waals surface area (Å²) in [5.41, 5.74) is 2.15. The molecule has 3 N–H and O–H groups in total. The normalized spacial score (nSPS) is 23.9. The highest BCUT2D eigenvalue weighted by Gasteiger charge is 2.69. The van der Waals surface area contributed by atoms with Gasteiger partial charge in [-0.2, -0.15) is 0 Å². The minimum Gasteiger partial charge on any atom is -0.383 e. The molecule has 42 heavy (non-hydrogen) atoms. The van der Waals surface area contributed by atoms with E-state index in [1.807, 2.05) is 38.1 Å². The molecule has 2 aromatic carbocycles.